The third-order valence-electron chi connectivity index (χ3n) is 3.16. The number of furan rings is 1. The van der Waals surface area contributed by atoms with Gasteiger partial charge in [-0.15, -0.1) is 0 Å². The summed E-state index contributed by atoms with van der Waals surface area (Å²) < 4.78 is 6.49. The maximum absolute atomic E-state index is 11.2. The molecule has 1 aromatic carbocycles. The van der Waals surface area contributed by atoms with Crippen LogP contribution < -0.4 is 0 Å². The first-order valence-corrected chi connectivity index (χ1v) is 6.33. The summed E-state index contributed by atoms with van der Waals surface area (Å²) in [6.45, 7) is 1.93. The van der Waals surface area contributed by atoms with E-state index in [0.29, 0.717) is 11.5 Å². The zero-order valence-electron chi connectivity index (χ0n) is 9.29. The highest BCUT2D eigenvalue weighted by Gasteiger charge is 2.33. The minimum Gasteiger partial charge on any atom is -0.475 e. The standard InChI is InChI=1S/C13H11BrO3/c1-6-4-8(14)5-9-10(7-2-3-7)12(13(15)16)17-11(6)9/h4-5,7H,2-3H2,1H3,(H,15,16). The highest BCUT2D eigenvalue weighted by atomic mass is 79.9. The molecular formula is C13H11BrO3. The Morgan fingerprint density at radius 1 is 1.47 bits per heavy atom. The topological polar surface area (TPSA) is 50.4 Å². The molecule has 1 saturated carbocycles. The fraction of sp³-hybridized carbons (Fsp3) is 0.308. The largest absolute Gasteiger partial charge is 0.475 e. The molecule has 2 aromatic rings. The van der Waals surface area contributed by atoms with Gasteiger partial charge in [0.05, 0.1) is 0 Å². The molecular weight excluding hydrogens is 284 g/mol. The highest BCUT2D eigenvalue weighted by Crippen LogP contribution is 2.47. The van der Waals surface area contributed by atoms with E-state index >= 15 is 0 Å². The van der Waals surface area contributed by atoms with E-state index in [1.807, 2.05) is 19.1 Å². The molecule has 0 radical (unpaired) electrons. The lowest BCUT2D eigenvalue weighted by atomic mass is 10.0. The Morgan fingerprint density at radius 2 is 2.18 bits per heavy atom. The lowest BCUT2D eigenvalue weighted by Crippen LogP contribution is -1.97. The summed E-state index contributed by atoms with van der Waals surface area (Å²) in [7, 11) is 0. The number of benzene rings is 1. The zero-order chi connectivity index (χ0) is 12.2. The molecule has 0 aliphatic heterocycles. The summed E-state index contributed by atoms with van der Waals surface area (Å²) in [6, 6.07) is 3.89. The number of carbonyl (C=O) groups is 1. The van der Waals surface area contributed by atoms with Gasteiger partial charge in [-0.2, -0.15) is 0 Å². The Kier molecular flexibility index (Phi) is 2.30. The third kappa shape index (κ3) is 1.67. The van der Waals surface area contributed by atoms with Gasteiger partial charge in [0, 0.05) is 15.4 Å². The van der Waals surface area contributed by atoms with E-state index in [0.717, 1.165) is 33.8 Å². The molecule has 3 rings (SSSR count). The normalized spacial score (nSPS) is 15.4. The summed E-state index contributed by atoms with van der Waals surface area (Å²) in [5, 5.41) is 10.1. The number of halogens is 1. The van der Waals surface area contributed by atoms with E-state index in [9.17, 15) is 9.90 Å². The van der Waals surface area contributed by atoms with Crippen LogP contribution in [0.5, 0.6) is 0 Å². The minimum absolute atomic E-state index is 0.115. The Labute approximate surface area is 107 Å². The van der Waals surface area contributed by atoms with Crippen LogP contribution >= 0.6 is 15.9 Å². The second kappa shape index (κ2) is 3.60. The zero-order valence-corrected chi connectivity index (χ0v) is 10.9. The Balaban J connectivity index is 2.38. The summed E-state index contributed by atoms with van der Waals surface area (Å²) in [4.78, 5) is 11.2. The molecule has 0 bridgehead atoms. The number of rotatable bonds is 2. The molecule has 1 heterocycles. The van der Waals surface area contributed by atoms with E-state index in [-0.39, 0.29) is 5.76 Å². The fourth-order valence-electron chi connectivity index (χ4n) is 2.28. The number of carboxylic acid groups (broad SMARTS) is 1. The summed E-state index contributed by atoms with van der Waals surface area (Å²) in [5.74, 6) is -0.502. The van der Waals surface area contributed by atoms with E-state index < -0.39 is 5.97 Å². The molecule has 17 heavy (non-hydrogen) atoms. The lowest BCUT2D eigenvalue weighted by molar-refractivity contribution is 0.0663. The van der Waals surface area contributed by atoms with Gasteiger partial charge in [0.2, 0.25) is 5.76 Å². The van der Waals surface area contributed by atoms with E-state index in [1.165, 1.54) is 0 Å². The van der Waals surface area contributed by atoms with Crippen LogP contribution in [0.4, 0.5) is 0 Å². The van der Waals surface area contributed by atoms with E-state index in [1.54, 1.807) is 0 Å². The van der Waals surface area contributed by atoms with Gasteiger partial charge < -0.3 is 9.52 Å². The predicted octanol–water partition coefficient (Wildman–Crippen LogP) is 4.08. The number of carboxylic acids is 1. The Morgan fingerprint density at radius 3 is 2.76 bits per heavy atom. The van der Waals surface area contributed by atoms with E-state index in [4.69, 9.17) is 4.42 Å². The number of hydrogen-bond donors (Lipinski definition) is 1. The summed E-state index contributed by atoms with van der Waals surface area (Å²) >= 11 is 3.44. The van der Waals surface area contributed by atoms with Gasteiger partial charge in [0.15, 0.2) is 0 Å². The van der Waals surface area contributed by atoms with Crippen LogP contribution in [0.15, 0.2) is 21.0 Å². The molecule has 88 valence electrons. The van der Waals surface area contributed by atoms with Gasteiger partial charge in [-0.05, 0) is 43.4 Å². The molecule has 1 aliphatic carbocycles. The van der Waals surface area contributed by atoms with Crippen LogP contribution in [-0.2, 0) is 0 Å². The van der Waals surface area contributed by atoms with Crippen LogP contribution in [0.25, 0.3) is 11.0 Å². The van der Waals surface area contributed by atoms with Crippen molar-refractivity contribution in [1.29, 1.82) is 0 Å². The second-order valence-corrected chi connectivity index (χ2v) is 5.44. The van der Waals surface area contributed by atoms with Crippen molar-refractivity contribution in [2.45, 2.75) is 25.7 Å². The number of aryl methyl sites for hydroxylation is 1. The predicted molar refractivity (Wildman–Crippen MR) is 67.6 cm³/mol. The molecule has 1 aliphatic rings. The Hall–Kier alpha value is -1.29. The summed E-state index contributed by atoms with van der Waals surface area (Å²) in [5.41, 5.74) is 2.54. The van der Waals surface area contributed by atoms with Gasteiger partial charge in [-0.3, -0.25) is 0 Å². The smallest absolute Gasteiger partial charge is 0.372 e. The van der Waals surface area contributed by atoms with Crippen molar-refractivity contribution in [3.05, 3.63) is 33.5 Å². The molecule has 0 spiro atoms. The number of fused-ring (bicyclic) bond motifs is 1. The monoisotopic (exact) mass is 294 g/mol. The maximum Gasteiger partial charge on any atom is 0.372 e. The van der Waals surface area contributed by atoms with Crippen molar-refractivity contribution in [1.82, 2.24) is 0 Å². The van der Waals surface area contributed by atoms with Crippen molar-refractivity contribution in [3.63, 3.8) is 0 Å². The first-order valence-electron chi connectivity index (χ1n) is 5.53. The van der Waals surface area contributed by atoms with Crippen molar-refractivity contribution < 1.29 is 14.3 Å². The van der Waals surface area contributed by atoms with Gasteiger partial charge in [0.1, 0.15) is 5.58 Å². The van der Waals surface area contributed by atoms with Crippen LogP contribution in [0.1, 0.15) is 40.4 Å². The average molecular weight is 295 g/mol. The molecule has 4 heteroatoms. The first-order chi connectivity index (χ1) is 8.08. The molecule has 0 atom stereocenters. The van der Waals surface area contributed by atoms with Crippen molar-refractivity contribution in [3.8, 4) is 0 Å². The molecule has 1 N–H and O–H groups in total. The van der Waals surface area contributed by atoms with Crippen LogP contribution in [-0.4, -0.2) is 11.1 Å². The number of aromatic carboxylic acids is 1. The lowest BCUT2D eigenvalue weighted by Gasteiger charge is -1.98. The van der Waals surface area contributed by atoms with Crippen molar-refractivity contribution >= 4 is 32.9 Å². The number of hydrogen-bond acceptors (Lipinski definition) is 2. The Bertz CT molecular complexity index is 623. The average Bonchev–Trinajstić information content (AvgIpc) is 2.99. The molecule has 0 unspecified atom stereocenters. The molecule has 3 nitrogen and oxygen atoms in total. The minimum atomic E-state index is -0.973. The van der Waals surface area contributed by atoms with E-state index in [2.05, 4.69) is 15.9 Å². The van der Waals surface area contributed by atoms with Crippen molar-refractivity contribution in [2.75, 3.05) is 0 Å². The summed E-state index contributed by atoms with van der Waals surface area (Å²) in [6.07, 6.45) is 2.11. The maximum atomic E-state index is 11.2. The van der Waals surface area contributed by atoms with Crippen LogP contribution in [0.2, 0.25) is 0 Å². The van der Waals surface area contributed by atoms with Gasteiger partial charge >= 0.3 is 5.97 Å². The molecule has 0 saturated heterocycles. The fourth-order valence-corrected chi connectivity index (χ4v) is 2.85. The van der Waals surface area contributed by atoms with Crippen LogP contribution in [0.3, 0.4) is 0 Å². The van der Waals surface area contributed by atoms with Crippen LogP contribution in [0, 0.1) is 6.92 Å². The SMILES string of the molecule is Cc1cc(Br)cc2c(C3CC3)c(C(=O)O)oc12. The quantitative estimate of drug-likeness (QED) is 0.908. The second-order valence-electron chi connectivity index (χ2n) is 4.52. The third-order valence-corrected chi connectivity index (χ3v) is 3.62. The molecule has 1 aromatic heterocycles. The van der Waals surface area contributed by atoms with Gasteiger partial charge in [-0.1, -0.05) is 15.9 Å². The highest BCUT2D eigenvalue weighted by molar-refractivity contribution is 9.10. The first kappa shape index (κ1) is 10.8. The van der Waals surface area contributed by atoms with Gasteiger partial charge in [0.25, 0.3) is 0 Å². The molecule has 1 fully saturated rings. The van der Waals surface area contributed by atoms with Gasteiger partial charge in [-0.25, -0.2) is 4.79 Å². The van der Waals surface area contributed by atoms with Crippen molar-refractivity contribution in [2.24, 2.45) is 0 Å². The molecule has 0 amide bonds.